The summed E-state index contributed by atoms with van der Waals surface area (Å²) in [5.74, 6) is 0.0365. The van der Waals surface area contributed by atoms with Gasteiger partial charge in [0.05, 0.1) is 0 Å². The average molecular weight is 274 g/mol. The van der Waals surface area contributed by atoms with Gasteiger partial charge in [0, 0.05) is 18.2 Å². The van der Waals surface area contributed by atoms with Gasteiger partial charge in [-0.3, -0.25) is 4.79 Å². The van der Waals surface area contributed by atoms with Crippen molar-refractivity contribution in [2.24, 2.45) is 5.41 Å². The van der Waals surface area contributed by atoms with Crippen LogP contribution in [0.15, 0.2) is 18.2 Å². The fourth-order valence-corrected chi connectivity index (χ4v) is 2.91. The quantitative estimate of drug-likeness (QED) is 0.890. The molecule has 1 aromatic carbocycles. The summed E-state index contributed by atoms with van der Waals surface area (Å²) < 4.78 is 0. The molecule has 0 saturated carbocycles. The highest BCUT2D eigenvalue weighted by Gasteiger charge is 2.32. The number of amides is 1. The molecule has 1 fully saturated rings. The van der Waals surface area contributed by atoms with Crippen molar-refractivity contribution >= 4 is 5.91 Å². The van der Waals surface area contributed by atoms with Crippen molar-refractivity contribution in [3.05, 3.63) is 34.9 Å². The number of piperidine rings is 1. The molecule has 1 amide bonds. The SMILES string of the molecule is Cc1cccc(C(=O)NCC2NCCCC2(C)C)c1C. The molecule has 1 heterocycles. The monoisotopic (exact) mass is 274 g/mol. The Kier molecular flexibility index (Phi) is 4.48. The van der Waals surface area contributed by atoms with Crippen molar-refractivity contribution in [3.8, 4) is 0 Å². The zero-order valence-corrected chi connectivity index (χ0v) is 13.0. The van der Waals surface area contributed by atoms with Crippen LogP contribution in [0.5, 0.6) is 0 Å². The molecule has 0 spiro atoms. The van der Waals surface area contributed by atoms with Crippen LogP contribution in [0.3, 0.4) is 0 Å². The maximum atomic E-state index is 12.3. The second-order valence-electron chi connectivity index (χ2n) is 6.56. The molecule has 2 rings (SSSR count). The van der Waals surface area contributed by atoms with E-state index < -0.39 is 0 Å². The molecule has 20 heavy (non-hydrogen) atoms. The lowest BCUT2D eigenvalue weighted by atomic mass is 9.77. The number of aryl methyl sites for hydroxylation is 1. The first-order valence-corrected chi connectivity index (χ1v) is 7.49. The number of rotatable bonds is 3. The first kappa shape index (κ1) is 15.0. The Morgan fingerprint density at radius 3 is 2.85 bits per heavy atom. The van der Waals surface area contributed by atoms with Crippen LogP contribution in [0.2, 0.25) is 0 Å². The normalized spacial score (nSPS) is 21.5. The fourth-order valence-electron chi connectivity index (χ4n) is 2.91. The van der Waals surface area contributed by atoms with E-state index in [9.17, 15) is 4.79 Å². The van der Waals surface area contributed by atoms with Crippen molar-refractivity contribution in [2.75, 3.05) is 13.1 Å². The minimum atomic E-state index is 0.0365. The smallest absolute Gasteiger partial charge is 0.251 e. The van der Waals surface area contributed by atoms with Crippen molar-refractivity contribution in [1.29, 1.82) is 0 Å². The molecule has 1 aliphatic heterocycles. The number of benzene rings is 1. The summed E-state index contributed by atoms with van der Waals surface area (Å²) in [4.78, 5) is 12.3. The van der Waals surface area contributed by atoms with Gasteiger partial charge < -0.3 is 10.6 Å². The maximum absolute atomic E-state index is 12.3. The van der Waals surface area contributed by atoms with Gasteiger partial charge >= 0.3 is 0 Å². The fraction of sp³-hybridized carbons (Fsp3) is 0.588. The van der Waals surface area contributed by atoms with E-state index in [1.807, 2.05) is 32.0 Å². The van der Waals surface area contributed by atoms with E-state index in [0.29, 0.717) is 12.6 Å². The Hall–Kier alpha value is -1.35. The Morgan fingerprint density at radius 2 is 2.15 bits per heavy atom. The van der Waals surface area contributed by atoms with E-state index in [2.05, 4.69) is 24.5 Å². The summed E-state index contributed by atoms with van der Waals surface area (Å²) in [6.07, 6.45) is 2.43. The Morgan fingerprint density at radius 1 is 1.40 bits per heavy atom. The van der Waals surface area contributed by atoms with Crippen molar-refractivity contribution in [1.82, 2.24) is 10.6 Å². The van der Waals surface area contributed by atoms with E-state index in [0.717, 1.165) is 23.2 Å². The lowest BCUT2D eigenvalue weighted by molar-refractivity contribution is 0.0928. The van der Waals surface area contributed by atoms with Crippen LogP contribution in [0.4, 0.5) is 0 Å². The molecule has 3 nitrogen and oxygen atoms in total. The van der Waals surface area contributed by atoms with Crippen LogP contribution >= 0.6 is 0 Å². The first-order valence-electron chi connectivity index (χ1n) is 7.49. The van der Waals surface area contributed by atoms with Crippen LogP contribution in [0.25, 0.3) is 0 Å². The van der Waals surface area contributed by atoms with Gasteiger partial charge in [0.25, 0.3) is 5.91 Å². The average Bonchev–Trinajstić information content (AvgIpc) is 2.40. The number of hydrogen-bond acceptors (Lipinski definition) is 2. The molecule has 110 valence electrons. The third-order valence-corrected chi connectivity index (χ3v) is 4.65. The summed E-state index contributed by atoms with van der Waals surface area (Å²) in [5.41, 5.74) is 3.26. The first-order chi connectivity index (χ1) is 9.42. The molecule has 3 heteroatoms. The molecule has 0 radical (unpaired) electrons. The summed E-state index contributed by atoms with van der Waals surface area (Å²) in [7, 11) is 0. The van der Waals surface area contributed by atoms with Crippen molar-refractivity contribution in [2.45, 2.75) is 46.6 Å². The molecule has 1 unspecified atom stereocenters. The Labute approximate surface area is 122 Å². The molecule has 1 aliphatic rings. The summed E-state index contributed by atoms with van der Waals surface area (Å²) in [5, 5.41) is 6.62. The van der Waals surface area contributed by atoms with Crippen LogP contribution in [-0.4, -0.2) is 25.0 Å². The van der Waals surface area contributed by atoms with Gasteiger partial charge in [0.2, 0.25) is 0 Å². The largest absolute Gasteiger partial charge is 0.350 e. The predicted molar refractivity (Wildman–Crippen MR) is 83.1 cm³/mol. The van der Waals surface area contributed by atoms with Gasteiger partial charge in [-0.2, -0.15) is 0 Å². The van der Waals surface area contributed by atoms with Crippen molar-refractivity contribution < 1.29 is 4.79 Å². The van der Waals surface area contributed by atoms with Crippen molar-refractivity contribution in [3.63, 3.8) is 0 Å². The van der Waals surface area contributed by atoms with E-state index in [1.165, 1.54) is 12.8 Å². The predicted octanol–water partition coefficient (Wildman–Crippen LogP) is 2.81. The Balaban J connectivity index is 2.00. The highest BCUT2D eigenvalue weighted by molar-refractivity contribution is 5.95. The van der Waals surface area contributed by atoms with E-state index in [-0.39, 0.29) is 11.3 Å². The van der Waals surface area contributed by atoms with Gasteiger partial charge in [0.15, 0.2) is 0 Å². The topological polar surface area (TPSA) is 41.1 Å². The lowest BCUT2D eigenvalue weighted by Gasteiger charge is -2.39. The van der Waals surface area contributed by atoms with Gasteiger partial charge in [0.1, 0.15) is 0 Å². The second-order valence-corrected chi connectivity index (χ2v) is 6.56. The number of hydrogen-bond donors (Lipinski definition) is 2. The van der Waals surface area contributed by atoms with Crippen LogP contribution in [0, 0.1) is 19.3 Å². The van der Waals surface area contributed by atoms with Gasteiger partial charge in [-0.05, 0) is 55.8 Å². The van der Waals surface area contributed by atoms with Crippen LogP contribution in [0.1, 0.15) is 48.2 Å². The minimum Gasteiger partial charge on any atom is -0.350 e. The lowest BCUT2D eigenvalue weighted by Crippen LogP contribution is -2.52. The van der Waals surface area contributed by atoms with Gasteiger partial charge in [-0.1, -0.05) is 26.0 Å². The molecule has 0 aromatic heterocycles. The molecule has 0 bridgehead atoms. The van der Waals surface area contributed by atoms with Crippen LogP contribution < -0.4 is 10.6 Å². The van der Waals surface area contributed by atoms with Gasteiger partial charge in [-0.15, -0.1) is 0 Å². The molecular weight excluding hydrogens is 248 g/mol. The second kappa shape index (κ2) is 5.96. The molecule has 0 aliphatic carbocycles. The van der Waals surface area contributed by atoms with E-state index in [4.69, 9.17) is 0 Å². The molecule has 1 atom stereocenters. The number of carbonyl (C=O) groups is 1. The zero-order valence-electron chi connectivity index (χ0n) is 13.0. The highest BCUT2D eigenvalue weighted by atomic mass is 16.1. The number of carbonyl (C=O) groups excluding carboxylic acids is 1. The molecule has 1 saturated heterocycles. The minimum absolute atomic E-state index is 0.0365. The summed E-state index contributed by atoms with van der Waals surface area (Å²) in [6, 6.07) is 6.24. The van der Waals surface area contributed by atoms with E-state index >= 15 is 0 Å². The van der Waals surface area contributed by atoms with Crippen LogP contribution in [-0.2, 0) is 0 Å². The van der Waals surface area contributed by atoms with E-state index in [1.54, 1.807) is 0 Å². The third kappa shape index (κ3) is 3.21. The number of nitrogens with one attached hydrogen (secondary N) is 2. The Bertz CT molecular complexity index is 494. The van der Waals surface area contributed by atoms with Gasteiger partial charge in [-0.25, -0.2) is 0 Å². The standard InChI is InChI=1S/C17H26N2O/c1-12-7-5-8-14(13(12)2)16(20)19-11-15-17(3,4)9-6-10-18-15/h5,7-8,15,18H,6,9-11H2,1-4H3,(H,19,20). The highest BCUT2D eigenvalue weighted by Crippen LogP contribution is 2.29. The summed E-state index contributed by atoms with van der Waals surface area (Å²) in [6.45, 7) is 10.3. The maximum Gasteiger partial charge on any atom is 0.251 e. The molecule has 1 aromatic rings. The molecule has 2 N–H and O–H groups in total. The summed E-state index contributed by atoms with van der Waals surface area (Å²) >= 11 is 0. The molecular formula is C17H26N2O. The third-order valence-electron chi connectivity index (χ3n) is 4.65. The zero-order chi connectivity index (χ0) is 14.8.